The number of hydrogen-bond donors (Lipinski definition) is 0. The highest BCUT2D eigenvalue weighted by atomic mass is 35.5. The number of amides is 1. The van der Waals surface area contributed by atoms with Crippen LogP contribution in [-0.2, 0) is 11.8 Å². The Morgan fingerprint density at radius 2 is 2.00 bits per heavy atom. The van der Waals surface area contributed by atoms with Crippen molar-refractivity contribution in [2.45, 2.75) is 19.1 Å². The number of morpholine rings is 1. The summed E-state index contributed by atoms with van der Waals surface area (Å²) in [7, 11) is 1.63. The van der Waals surface area contributed by atoms with Crippen LogP contribution in [-0.4, -0.2) is 34.6 Å². The number of ether oxygens (including phenoxy) is 1. The molecule has 1 aliphatic heterocycles. The molecule has 6 heteroatoms. The summed E-state index contributed by atoms with van der Waals surface area (Å²) >= 11 is 6.25. The molecule has 1 aliphatic rings. The van der Waals surface area contributed by atoms with Crippen LogP contribution in [0.3, 0.4) is 0 Å². The molecule has 5 nitrogen and oxygen atoms in total. The van der Waals surface area contributed by atoms with E-state index in [0.717, 1.165) is 5.56 Å². The number of benzene rings is 1. The maximum Gasteiger partial charge on any atom is 0.255 e. The molecule has 2 aromatic rings. The third kappa shape index (κ3) is 3.23. The molecule has 1 saturated heterocycles. The van der Waals surface area contributed by atoms with Crippen molar-refractivity contribution in [1.82, 2.24) is 9.47 Å². The van der Waals surface area contributed by atoms with Gasteiger partial charge in [-0.05, 0) is 19.1 Å². The Bertz CT molecular complexity index is 818. The molecule has 0 spiro atoms. The highest BCUT2D eigenvalue weighted by Gasteiger charge is 2.32. The lowest BCUT2D eigenvalue weighted by Gasteiger charge is -2.38. The Labute approximate surface area is 145 Å². The van der Waals surface area contributed by atoms with Crippen LogP contribution in [0.15, 0.2) is 47.4 Å². The van der Waals surface area contributed by atoms with Gasteiger partial charge < -0.3 is 14.2 Å². The van der Waals surface area contributed by atoms with Crippen molar-refractivity contribution in [2.75, 3.05) is 13.2 Å². The van der Waals surface area contributed by atoms with E-state index in [9.17, 15) is 9.59 Å². The van der Waals surface area contributed by atoms with Crippen LogP contribution in [0, 0.1) is 0 Å². The number of carbonyl (C=O) groups is 1. The number of aryl methyl sites for hydroxylation is 1. The first kappa shape index (κ1) is 16.7. The standard InChI is InChI=1S/C18H19ClN2O3/c1-12-11-24-16(14-5-3-4-6-15(14)19)10-21(12)18(23)13-7-8-17(22)20(2)9-13/h3-9,12,16H,10-11H2,1-2H3/t12-,16+/m0/s1. The van der Waals surface area contributed by atoms with Gasteiger partial charge in [0.2, 0.25) is 5.56 Å². The van der Waals surface area contributed by atoms with E-state index in [1.807, 2.05) is 31.2 Å². The van der Waals surface area contributed by atoms with E-state index >= 15 is 0 Å². The Kier molecular flexibility index (Phi) is 4.73. The fraction of sp³-hybridized carbons (Fsp3) is 0.333. The van der Waals surface area contributed by atoms with E-state index in [0.29, 0.717) is 23.7 Å². The van der Waals surface area contributed by atoms with E-state index in [4.69, 9.17) is 16.3 Å². The maximum atomic E-state index is 12.9. The molecular formula is C18H19ClN2O3. The van der Waals surface area contributed by atoms with E-state index < -0.39 is 0 Å². The molecule has 0 unspecified atom stereocenters. The third-order valence-electron chi connectivity index (χ3n) is 4.28. The largest absolute Gasteiger partial charge is 0.369 e. The Morgan fingerprint density at radius 3 is 2.71 bits per heavy atom. The van der Waals surface area contributed by atoms with Gasteiger partial charge in [0, 0.05) is 29.9 Å². The molecule has 0 radical (unpaired) electrons. The predicted octanol–water partition coefficient (Wildman–Crippen LogP) is 2.64. The number of rotatable bonds is 2. The van der Waals surface area contributed by atoms with Gasteiger partial charge in [0.15, 0.2) is 0 Å². The van der Waals surface area contributed by atoms with Crippen molar-refractivity contribution in [3.8, 4) is 0 Å². The lowest BCUT2D eigenvalue weighted by Crippen LogP contribution is -2.48. The maximum absolute atomic E-state index is 12.9. The molecule has 1 fully saturated rings. The van der Waals surface area contributed by atoms with Crippen LogP contribution in [0.4, 0.5) is 0 Å². The van der Waals surface area contributed by atoms with Gasteiger partial charge in [-0.2, -0.15) is 0 Å². The molecule has 0 saturated carbocycles. The molecule has 2 atom stereocenters. The van der Waals surface area contributed by atoms with Crippen LogP contribution < -0.4 is 5.56 Å². The summed E-state index contributed by atoms with van der Waals surface area (Å²) in [5.74, 6) is -0.113. The summed E-state index contributed by atoms with van der Waals surface area (Å²) in [5, 5.41) is 0.631. The lowest BCUT2D eigenvalue weighted by molar-refractivity contribution is -0.0486. The highest BCUT2D eigenvalue weighted by molar-refractivity contribution is 6.31. The highest BCUT2D eigenvalue weighted by Crippen LogP contribution is 2.30. The van der Waals surface area contributed by atoms with E-state index in [1.54, 1.807) is 24.2 Å². The quantitative estimate of drug-likeness (QED) is 0.840. The van der Waals surface area contributed by atoms with Gasteiger partial charge in [0.05, 0.1) is 24.8 Å². The Hall–Kier alpha value is -2.11. The molecule has 2 heterocycles. The average Bonchev–Trinajstić information content (AvgIpc) is 2.58. The van der Waals surface area contributed by atoms with Gasteiger partial charge in [0.25, 0.3) is 5.91 Å². The topological polar surface area (TPSA) is 51.5 Å². The first-order valence-corrected chi connectivity index (χ1v) is 8.19. The van der Waals surface area contributed by atoms with Gasteiger partial charge in [-0.25, -0.2) is 0 Å². The van der Waals surface area contributed by atoms with Gasteiger partial charge in [-0.1, -0.05) is 29.8 Å². The van der Waals surface area contributed by atoms with E-state index in [1.165, 1.54) is 10.6 Å². The van der Waals surface area contributed by atoms with Crippen LogP contribution in [0.5, 0.6) is 0 Å². The van der Waals surface area contributed by atoms with E-state index in [-0.39, 0.29) is 23.6 Å². The van der Waals surface area contributed by atoms with Crippen molar-refractivity contribution in [2.24, 2.45) is 7.05 Å². The first-order chi connectivity index (χ1) is 11.5. The SMILES string of the molecule is C[C@H]1CO[C@@H](c2ccccc2Cl)CN1C(=O)c1ccc(=O)n(C)c1. The number of hydrogen-bond acceptors (Lipinski definition) is 3. The summed E-state index contributed by atoms with van der Waals surface area (Å²) in [6.45, 7) is 2.81. The van der Waals surface area contributed by atoms with Crippen LogP contribution in [0.25, 0.3) is 0 Å². The summed E-state index contributed by atoms with van der Waals surface area (Å²) in [4.78, 5) is 26.1. The zero-order valence-electron chi connectivity index (χ0n) is 13.6. The normalized spacial score (nSPS) is 20.9. The minimum Gasteiger partial charge on any atom is -0.369 e. The first-order valence-electron chi connectivity index (χ1n) is 7.81. The molecule has 24 heavy (non-hydrogen) atoms. The molecule has 0 N–H and O–H groups in total. The molecular weight excluding hydrogens is 328 g/mol. The number of nitrogens with zero attached hydrogens (tertiary/aromatic N) is 2. The second-order valence-corrected chi connectivity index (χ2v) is 6.42. The molecule has 0 bridgehead atoms. The van der Waals surface area contributed by atoms with Crippen molar-refractivity contribution in [3.05, 3.63) is 69.1 Å². The van der Waals surface area contributed by atoms with Gasteiger partial charge >= 0.3 is 0 Å². The van der Waals surface area contributed by atoms with Gasteiger partial charge in [0.1, 0.15) is 6.10 Å². The molecule has 3 rings (SSSR count). The van der Waals surface area contributed by atoms with Crippen molar-refractivity contribution in [1.29, 1.82) is 0 Å². The van der Waals surface area contributed by atoms with Crippen molar-refractivity contribution >= 4 is 17.5 Å². The molecule has 126 valence electrons. The zero-order chi connectivity index (χ0) is 17.3. The fourth-order valence-electron chi connectivity index (χ4n) is 2.85. The van der Waals surface area contributed by atoms with Crippen molar-refractivity contribution in [3.63, 3.8) is 0 Å². The summed E-state index contributed by atoms with van der Waals surface area (Å²) < 4.78 is 7.29. The second kappa shape index (κ2) is 6.79. The smallest absolute Gasteiger partial charge is 0.255 e. The minimum absolute atomic E-state index is 0.0477. The number of pyridine rings is 1. The van der Waals surface area contributed by atoms with Gasteiger partial charge in [-0.15, -0.1) is 0 Å². The molecule has 1 amide bonds. The van der Waals surface area contributed by atoms with Crippen LogP contribution in [0.2, 0.25) is 5.02 Å². The number of aromatic nitrogens is 1. The molecule has 1 aromatic heterocycles. The minimum atomic E-state index is -0.258. The Morgan fingerprint density at radius 1 is 1.25 bits per heavy atom. The van der Waals surface area contributed by atoms with Crippen LogP contribution >= 0.6 is 11.6 Å². The fourth-order valence-corrected chi connectivity index (χ4v) is 3.11. The van der Waals surface area contributed by atoms with E-state index in [2.05, 4.69) is 0 Å². The number of carbonyl (C=O) groups excluding carboxylic acids is 1. The summed E-state index contributed by atoms with van der Waals surface area (Å²) in [6.07, 6.45) is 1.31. The monoisotopic (exact) mass is 346 g/mol. The van der Waals surface area contributed by atoms with Gasteiger partial charge in [-0.3, -0.25) is 9.59 Å². The Balaban J connectivity index is 1.86. The summed E-state index contributed by atoms with van der Waals surface area (Å²) in [5.41, 5.74) is 1.23. The zero-order valence-corrected chi connectivity index (χ0v) is 14.4. The number of halogens is 1. The molecule has 0 aliphatic carbocycles. The lowest BCUT2D eigenvalue weighted by atomic mass is 10.0. The molecule has 1 aromatic carbocycles. The predicted molar refractivity (Wildman–Crippen MR) is 92.3 cm³/mol. The second-order valence-electron chi connectivity index (χ2n) is 6.02. The van der Waals surface area contributed by atoms with Crippen molar-refractivity contribution < 1.29 is 9.53 Å². The van der Waals surface area contributed by atoms with Crippen LogP contribution in [0.1, 0.15) is 28.9 Å². The average molecular weight is 347 g/mol. The third-order valence-corrected chi connectivity index (χ3v) is 4.62. The summed E-state index contributed by atoms with van der Waals surface area (Å²) in [6, 6.07) is 10.4.